The van der Waals surface area contributed by atoms with Crippen molar-refractivity contribution in [2.45, 2.75) is 31.3 Å². The topological polar surface area (TPSA) is 55.1 Å². The molecule has 1 aromatic rings. The average molecular weight is 273 g/mol. The molecule has 1 unspecified atom stereocenters. The van der Waals surface area contributed by atoms with Crippen LogP contribution >= 0.6 is 23.2 Å². The first-order chi connectivity index (χ1) is 7.93. The largest absolute Gasteiger partial charge is 0.368 e. The third-order valence-electron chi connectivity index (χ3n) is 3.06. The maximum absolute atomic E-state index is 11.7. The van der Waals surface area contributed by atoms with Crippen LogP contribution in [0.1, 0.15) is 25.3 Å². The third kappa shape index (κ3) is 2.57. The molecule has 5 heteroatoms. The Labute approximate surface area is 110 Å². The van der Waals surface area contributed by atoms with Crippen LogP contribution in [-0.2, 0) is 10.3 Å². The summed E-state index contributed by atoms with van der Waals surface area (Å²) in [5.74, 6) is -0.414. The first kappa shape index (κ1) is 12.7. The van der Waals surface area contributed by atoms with E-state index in [2.05, 4.69) is 5.32 Å². The summed E-state index contributed by atoms with van der Waals surface area (Å²) in [6, 6.07) is 5.50. The highest BCUT2D eigenvalue weighted by Gasteiger charge is 2.38. The van der Waals surface area contributed by atoms with Crippen molar-refractivity contribution in [2.75, 3.05) is 0 Å². The van der Waals surface area contributed by atoms with Crippen LogP contribution in [0.5, 0.6) is 0 Å². The maximum atomic E-state index is 11.7. The minimum atomic E-state index is -0.893. The molecule has 0 bridgehead atoms. The van der Waals surface area contributed by atoms with Gasteiger partial charge in [-0.3, -0.25) is 10.1 Å². The van der Waals surface area contributed by atoms with E-state index in [1.807, 2.05) is 0 Å². The Morgan fingerprint density at radius 3 is 2.53 bits per heavy atom. The molecule has 3 N–H and O–H groups in total. The summed E-state index contributed by atoms with van der Waals surface area (Å²) in [5, 5.41) is 4.15. The van der Waals surface area contributed by atoms with Gasteiger partial charge in [-0.05, 0) is 37.5 Å². The van der Waals surface area contributed by atoms with E-state index in [4.69, 9.17) is 28.9 Å². The Bertz CT molecular complexity index is 460. The minimum absolute atomic E-state index is 0.363. The minimum Gasteiger partial charge on any atom is -0.368 e. The summed E-state index contributed by atoms with van der Waals surface area (Å²) in [7, 11) is 0. The van der Waals surface area contributed by atoms with Crippen molar-refractivity contribution in [2.24, 2.45) is 5.73 Å². The number of nitrogens with two attached hydrogens (primary N) is 1. The second kappa shape index (κ2) is 4.48. The zero-order valence-electron chi connectivity index (χ0n) is 9.47. The Balaban J connectivity index is 2.36. The molecule has 0 radical (unpaired) electrons. The van der Waals surface area contributed by atoms with Gasteiger partial charge in [0.05, 0.1) is 10.0 Å². The van der Waals surface area contributed by atoms with E-state index < -0.39 is 11.4 Å². The molecule has 0 spiro atoms. The van der Waals surface area contributed by atoms with Crippen molar-refractivity contribution in [1.29, 1.82) is 0 Å². The molecule has 0 aliphatic heterocycles. The van der Waals surface area contributed by atoms with Gasteiger partial charge in [-0.25, -0.2) is 0 Å². The van der Waals surface area contributed by atoms with Crippen LogP contribution in [0.3, 0.4) is 0 Å². The molecule has 3 nitrogen and oxygen atoms in total. The van der Waals surface area contributed by atoms with Gasteiger partial charge in [0, 0.05) is 6.04 Å². The molecular formula is C12H14Cl2N2O. The average Bonchev–Trinajstić information content (AvgIpc) is 3.05. The fraction of sp³-hybridized carbons (Fsp3) is 0.417. The molecule has 0 aromatic heterocycles. The molecule has 1 fully saturated rings. The molecule has 1 aliphatic carbocycles. The molecule has 1 saturated carbocycles. The first-order valence-corrected chi connectivity index (χ1v) is 6.22. The molecule has 0 saturated heterocycles. The van der Waals surface area contributed by atoms with Crippen molar-refractivity contribution in [3.63, 3.8) is 0 Å². The predicted octanol–water partition coefficient (Wildman–Crippen LogP) is 2.45. The van der Waals surface area contributed by atoms with Crippen LogP contribution in [0.4, 0.5) is 0 Å². The normalized spacial score (nSPS) is 18.8. The number of rotatable bonds is 4. The molecule has 92 valence electrons. The number of primary amides is 1. The molecule has 1 aromatic carbocycles. The summed E-state index contributed by atoms with van der Waals surface area (Å²) < 4.78 is 0. The molecule has 1 amide bonds. The van der Waals surface area contributed by atoms with Crippen molar-refractivity contribution < 1.29 is 4.79 Å². The Morgan fingerprint density at radius 1 is 1.41 bits per heavy atom. The SMILES string of the molecule is CC(NC1CC1)(C(N)=O)c1ccc(Cl)c(Cl)c1. The number of nitrogens with one attached hydrogen (secondary N) is 1. The summed E-state index contributed by atoms with van der Waals surface area (Å²) >= 11 is 11.8. The van der Waals surface area contributed by atoms with Crippen LogP contribution in [0.2, 0.25) is 10.0 Å². The summed E-state index contributed by atoms with van der Waals surface area (Å²) in [6.07, 6.45) is 2.15. The van der Waals surface area contributed by atoms with E-state index in [0.29, 0.717) is 16.1 Å². The van der Waals surface area contributed by atoms with E-state index in [-0.39, 0.29) is 0 Å². The van der Waals surface area contributed by atoms with Crippen molar-refractivity contribution in [3.05, 3.63) is 33.8 Å². The summed E-state index contributed by atoms with van der Waals surface area (Å²) in [6.45, 7) is 1.77. The zero-order valence-corrected chi connectivity index (χ0v) is 11.0. The molecule has 2 rings (SSSR count). The molecule has 17 heavy (non-hydrogen) atoms. The van der Waals surface area contributed by atoms with E-state index in [1.165, 1.54) is 0 Å². The molecule has 1 aliphatic rings. The summed E-state index contributed by atoms with van der Waals surface area (Å²) in [4.78, 5) is 11.7. The van der Waals surface area contributed by atoms with Crippen molar-refractivity contribution in [3.8, 4) is 0 Å². The van der Waals surface area contributed by atoms with Gasteiger partial charge in [-0.1, -0.05) is 29.3 Å². The highest BCUT2D eigenvalue weighted by molar-refractivity contribution is 6.42. The highest BCUT2D eigenvalue weighted by Crippen LogP contribution is 2.32. The lowest BCUT2D eigenvalue weighted by Crippen LogP contribution is -2.51. The maximum Gasteiger partial charge on any atom is 0.242 e. The standard InChI is InChI=1S/C12H14Cl2N2O/c1-12(11(15)17,16-8-3-4-8)7-2-5-9(13)10(14)6-7/h2,5-6,8,16H,3-4H2,1H3,(H2,15,17). The number of halogens is 2. The number of amides is 1. The fourth-order valence-electron chi connectivity index (χ4n) is 1.74. The first-order valence-electron chi connectivity index (χ1n) is 5.46. The van der Waals surface area contributed by atoms with Crippen LogP contribution < -0.4 is 11.1 Å². The van der Waals surface area contributed by atoms with Gasteiger partial charge in [0.25, 0.3) is 0 Å². The third-order valence-corrected chi connectivity index (χ3v) is 3.80. The molecule has 1 atom stereocenters. The monoisotopic (exact) mass is 272 g/mol. The van der Waals surface area contributed by atoms with Gasteiger partial charge in [0.1, 0.15) is 5.54 Å². The van der Waals surface area contributed by atoms with Gasteiger partial charge in [-0.15, -0.1) is 0 Å². The van der Waals surface area contributed by atoms with Crippen LogP contribution in [0.25, 0.3) is 0 Å². The van der Waals surface area contributed by atoms with Gasteiger partial charge in [-0.2, -0.15) is 0 Å². The van der Waals surface area contributed by atoms with Gasteiger partial charge >= 0.3 is 0 Å². The zero-order chi connectivity index (χ0) is 12.6. The van der Waals surface area contributed by atoms with E-state index in [9.17, 15) is 4.79 Å². The van der Waals surface area contributed by atoms with E-state index >= 15 is 0 Å². The Morgan fingerprint density at radius 2 is 2.06 bits per heavy atom. The second-order valence-corrected chi connectivity index (χ2v) is 5.35. The fourth-order valence-corrected chi connectivity index (χ4v) is 2.04. The lowest BCUT2D eigenvalue weighted by Gasteiger charge is -2.28. The Kier molecular flexibility index (Phi) is 3.34. The summed E-state index contributed by atoms with van der Waals surface area (Å²) in [5.41, 5.74) is 5.34. The van der Waals surface area contributed by atoms with Gasteiger partial charge in [0.2, 0.25) is 5.91 Å². The predicted molar refractivity (Wildman–Crippen MR) is 69.2 cm³/mol. The van der Waals surface area contributed by atoms with Crippen molar-refractivity contribution in [1.82, 2.24) is 5.32 Å². The molecule has 0 heterocycles. The smallest absolute Gasteiger partial charge is 0.242 e. The number of carbonyl (C=O) groups is 1. The lowest BCUT2D eigenvalue weighted by molar-refractivity contribution is -0.124. The van der Waals surface area contributed by atoms with Gasteiger partial charge in [0.15, 0.2) is 0 Å². The lowest BCUT2D eigenvalue weighted by atomic mass is 9.91. The van der Waals surface area contributed by atoms with Crippen molar-refractivity contribution >= 4 is 29.1 Å². The van der Waals surface area contributed by atoms with E-state index in [0.717, 1.165) is 18.4 Å². The molecular weight excluding hydrogens is 259 g/mol. The van der Waals surface area contributed by atoms with Crippen LogP contribution in [0, 0.1) is 0 Å². The number of hydrogen-bond acceptors (Lipinski definition) is 2. The number of carbonyl (C=O) groups excluding carboxylic acids is 1. The number of benzene rings is 1. The quantitative estimate of drug-likeness (QED) is 0.885. The van der Waals surface area contributed by atoms with Crippen LogP contribution in [-0.4, -0.2) is 11.9 Å². The van der Waals surface area contributed by atoms with Gasteiger partial charge < -0.3 is 5.73 Å². The second-order valence-electron chi connectivity index (χ2n) is 4.54. The Hall–Kier alpha value is -0.770. The van der Waals surface area contributed by atoms with E-state index in [1.54, 1.807) is 25.1 Å². The number of hydrogen-bond donors (Lipinski definition) is 2. The van der Waals surface area contributed by atoms with Crippen LogP contribution in [0.15, 0.2) is 18.2 Å². The highest BCUT2D eigenvalue weighted by atomic mass is 35.5.